The zero-order valence-corrected chi connectivity index (χ0v) is 37.1. The summed E-state index contributed by atoms with van der Waals surface area (Å²) in [6, 6.07) is 91.4. The highest BCUT2D eigenvalue weighted by Crippen LogP contribution is 2.52. The van der Waals surface area contributed by atoms with Crippen molar-refractivity contribution in [3.8, 4) is 66.8 Å². The lowest BCUT2D eigenvalue weighted by atomic mass is 9.79. The van der Waals surface area contributed by atoms with Crippen molar-refractivity contribution >= 4 is 38.6 Å². The van der Waals surface area contributed by atoms with Crippen LogP contribution in [0, 0.1) is 0 Å². The number of nitrogens with zero attached hydrogens (tertiary/aromatic N) is 1. The Morgan fingerprint density at radius 3 is 1.44 bits per heavy atom. The van der Waals surface area contributed by atoms with E-state index in [4.69, 9.17) is 0 Å². The summed E-state index contributed by atoms with van der Waals surface area (Å²) in [7, 11) is 0. The van der Waals surface area contributed by atoms with Crippen molar-refractivity contribution in [1.82, 2.24) is 0 Å². The Kier molecular flexibility index (Phi) is 9.58. The molecule has 312 valence electrons. The third-order valence-corrected chi connectivity index (χ3v) is 13.9. The van der Waals surface area contributed by atoms with Gasteiger partial charge in [0.05, 0.1) is 5.69 Å². The summed E-state index contributed by atoms with van der Waals surface area (Å²) in [5, 5.41) is 5.01. The fourth-order valence-electron chi connectivity index (χ4n) is 10.6. The second-order valence-corrected chi connectivity index (χ2v) is 18.1. The minimum atomic E-state index is -0.116. The fraction of sp³-hybridized carbons (Fsp3) is 0.0462. The molecule has 1 aliphatic rings. The summed E-state index contributed by atoms with van der Waals surface area (Å²) in [6.45, 7) is 4.74. The van der Waals surface area contributed by atoms with E-state index in [0.29, 0.717) is 0 Å². The first kappa shape index (κ1) is 39.3. The molecule has 0 spiro atoms. The molecule has 11 aromatic rings. The molecule has 0 atom stereocenters. The third-order valence-electron chi connectivity index (χ3n) is 13.9. The summed E-state index contributed by atoms with van der Waals surface area (Å²) in [5.41, 5.74) is 20.6. The predicted molar refractivity (Wildman–Crippen MR) is 281 cm³/mol. The van der Waals surface area contributed by atoms with Crippen molar-refractivity contribution in [2.45, 2.75) is 19.3 Å². The molecule has 0 saturated heterocycles. The van der Waals surface area contributed by atoms with E-state index in [2.05, 4.69) is 267 Å². The zero-order chi connectivity index (χ0) is 44.2. The molecule has 0 aromatic heterocycles. The van der Waals surface area contributed by atoms with Crippen LogP contribution in [0.4, 0.5) is 17.1 Å². The number of anilines is 3. The SMILES string of the molecule is CC1(C)c2ccccc2-c2cccc(-c3ccc(N(c4ccc(-c5ccc(-c6ccccc6)cc5)cc4)c4cc(-c5cc6ccccc6c6ccccc56)ccc4-c4ccccc4)cc3)c21. The van der Waals surface area contributed by atoms with Crippen molar-refractivity contribution in [2.24, 2.45) is 0 Å². The van der Waals surface area contributed by atoms with Crippen LogP contribution in [0.25, 0.3) is 88.3 Å². The highest BCUT2D eigenvalue weighted by atomic mass is 15.1. The molecule has 0 fully saturated rings. The third kappa shape index (κ3) is 6.71. The number of benzene rings is 11. The minimum absolute atomic E-state index is 0.116. The van der Waals surface area contributed by atoms with E-state index < -0.39 is 0 Å². The van der Waals surface area contributed by atoms with Gasteiger partial charge in [-0.3, -0.25) is 0 Å². The minimum Gasteiger partial charge on any atom is -0.310 e. The maximum atomic E-state index is 2.45. The van der Waals surface area contributed by atoms with Gasteiger partial charge < -0.3 is 4.90 Å². The Hall–Kier alpha value is -8.26. The maximum absolute atomic E-state index is 2.45. The summed E-state index contributed by atoms with van der Waals surface area (Å²) < 4.78 is 0. The van der Waals surface area contributed by atoms with Crippen LogP contribution in [0.1, 0.15) is 25.0 Å². The molecule has 1 aliphatic carbocycles. The zero-order valence-electron chi connectivity index (χ0n) is 37.1. The van der Waals surface area contributed by atoms with E-state index in [1.807, 2.05) is 0 Å². The fourth-order valence-corrected chi connectivity index (χ4v) is 10.6. The summed E-state index contributed by atoms with van der Waals surface area (Å²) in [6.07, 6.45) is 0. The molecular formula is C65H47N. The number of hydrogen-bond donors (Lipinski definition) is 0. The van der Waals surface area contributed by atoms with Gasteiger partial charge >= 0.3 is 0 Å². The maximum Gasteiger partial charge on any atom is 0.0546 e. The molecule has 66 heavy (non-hydrogen) atoms. The van der Waals surface area contributed by atoms with Crippen molar-refractivity contribution < 1.29 is 0 Å². The van der Waals surface area contributed by atoms with Gasteiger partial charge in [0, 0.05) is 22.4 Å². The Morgan fingerprint density at radius 1 is 0.288 bits per heavy atom. The van der Waals surface area contributed by atoms with Crippen LogP contribution >= 0.6 is 0 Å². The second kappa shape index (κ2) is 16.1. The molecule has 12 rings (SSSR count). The molecule has 11 aromatic carbocycles. The first-order chi connectivity index (χ1) is 32.5. The predicted octanol–water partition coefficient (Wildman–Crippen LogP) is 18.1. The second-order valence-electron chi connectivity index (χ2n) is 18.1. The summed E-state index contributed by atoms with van der Waals surface area (Å²) in [4.78, 5) is 2.45. The number of hydrogen-bond acceptors (Lipinski definition) is 1. The molecule has 1 heteroatoms. The van der Waals surface area contributed by atoms with E-state index in [-0.39, 0.29) is 5.41 Å². The van der Waals surface area contributed by atoms with Gasteiger partial charge in [0.25, 0.3) is 0 Å². The van der Waals surface area contributed by atoms with Gasteiger partial charge in [-0.15, -0.1) is 0 Å². The molecule has 0 aliphatic heterocycles. The normalized spacial score (nSPS) is 12.5. The molecule has 0 heterocycles. The van der Waals surface area contributed by atoms with E-state index in [1.54, 1.807) is 0 Å². The molecule has 0 unspecified atom stereocenters. The Balaban J connectivity index is 1.03. The van der Waals surface area contributed by atoms with E-state index in [0.717, 1.165) is 22.6 Å². The number of rotatable bonds is 8. The van der Waals surface area contributed by atoms with Crippen molar-refractivity contribution in [3.63, 3.8) is 0 Å². The first-order valence-electron chi connectivity index (χ1n) is 23.0. The topological polar surface area (TPSA) is 3.24 Å². The van der Waals surface area contributed by atoms with E-state index in [1.165, 1.54) is 93.9 Å². The van der Waals surface area contributed by atoms with Gasteiger partial charge in [-0.05, 0) is 130 Å². The van der Waals surface area contributed by atoms with Gasteiger partial charge in [0.15, 0.2) is 0 Å². The van der Waals surface area contributed by atoms with Crippen LogP contribution in [-0.4, -0.2) is 0 Å². The van der Waals surface area contributed by atoms with Gasteiger partial charge in [-0.1, -0.05) is 226 Å². The van der Waals surface area contributed by atoms with E-state index >= 15 is 0 Å². The van der Waals surface area contributed by atoms with Crippen LogP contribution in [0.15, 0.2) is 249 Å². The largest absolute Gasteiger partial charge is 0.310 e. The molecule has 0 amide bonds. The Labute approximate surface area is 387 Å². The monoisotopic (exact) mass is 841 g/mol. The molecule has 0 radical (unpaired) electrons. The van der Waals surface area contributed by atoms with Gasteiger partial charge in [0.1, 0.15) is 0 Å². The summed E-state index contributed by atoms with van der Waals surface area (Å²) >= 11 is 0. The van der Waals surface area contributed by atoms with Gasteiger partial charge in [-0.25, -0.2) is 0 Å². The van der Waals surface area contributed by atoms with Crippen LogP contribution in [-0.2, 0) is 5.41 Å². The lowest BCUT2D eigenvalue weighted by Crippen LogP contribution is -2.16. The van der Waals surface area contributed by atoms with Crippen LogP contribution in [0.2, 0.25) is 0 Å². The van der Waals surface area contributed by atoms with Crippen molar-refractivity contribution in [2.75, 3.05) is 4.90 Å². The summed E-state index contributed by atoms with van der Waals surface area (Å²) in [5.74, 6) is 0. The molecule has 0 saturated carbocycles. The standard InChI is InChI=1S/C65H47N/c1-65(2)62-27-14-13-24-59(62)60-26-15-25-56(64(60)65)49-34-39-53(40-35-49)66(52-37-32-47(33-38-52)46-30-28-45(29-31-46)44-16-5-3-6-17-44)63-43-51(36-41-55(63)48-18-7-4-8-19-48)61-42-50-20-9-10-21-54(50)57-22-11-12-23-58(57)61/h3-43H,1-2H3. The number of fused-ring (bicyclic) bond motifs is 6. The average molecular weight is 842 g/mol. The average Bonchev–Trinajstić information content (AvgIpc) is 3.63. The molecule has 0 N–H and O–H groups in total. The lowest BCUT2D eigenvalue weighted by molar-refractivity contribution is 0.662. The molecule has 1 nitrogen and oxygen atoms in total. The van der Waals surface area contributed by atoms with Crippen molar-refractivity contribution in [1.29, 1.82) is 0 Å². The highest BCUT2D eigenvalue weighted by Gasteiger charge is 2.37. The van der Waals surface area contributed by atoms with Gasteiger partial charge in [-0.2, -0.15) is 0 Å². The van der Waals surface area contributed by atoms with E-state index in [9.17, 15) is 0 Å². The lowest BCUT2D eigenvalue weighted by Gasteiger charge is -2.29. The Morgan fingerprint density at radius 2 is 0.758 bits per heavy atom. The smallest absolute Gasteiger partial charge is 0.0546 e. The highest BCUT2D eigenvalue weighted by molar-refractivity contribution is 6.14. The van der Waals surface area contributed by atoms with Crippen LogP contribution in [0.5, 0.6) is 0 Å². The molecular weight excluding hydrogens is 795 g/mol. The van der Waals surface area contributed by atoms with Crippen molar-refractivity contribution in [3.05, 3.63) is 260 Å². The Bertz CT molecular complexity index is 3570. The quantitative estimate of drug-likeness (QED) is 0.138. The van der Waals surface area contributed by atoms with Crippen LogP contribution in [0.3, 0.4) is 0 Å². The molecule has 0 bridgehead atoms. The van der Waals surface area contributed by atoms with Crippen LogP contribution < -0.4 is 4.90 Å². The van der Waals surface area contributed by atoms with Gasteiger partial charge in [0.2, 0.25) is 0 Å². The first-order valence-corrected chi connectivity index (χ1v) is 23.0.